The van der Waals surface area contributed by atoms with Crippen molar-refractivity contribution in [3.63, 3.8) is 0 Å². The molecule has 0 aliphatic rings. The average molecular weight is 249 g/mol. The van der Waals surface area contributed by atoms with E-state index in [4.69, 9.17) is 10.5 Å². The molecule has 1 aromatic carbocycles. The lowest BCUT2D eigenvalue weighted by Gasteiger charge is -2.10. The van der Waals surface area contributed by atoms with Crippen LogP contribution in [0.3, 0.4) is 0 Å². The van der Waals surface area contributed by atoms with Crippen molar-refractivity contribution in [2.45, 2.75) is 13.8 Å². The number of aryl methyl sites for hydroxylation is 1. The molecule has 0 aliphatic carbocycles. The summed E-state index contributed by atoms with van der Waals surface area (Å²) < 4.78 is 1.89. The summed E-state index contributed by atoms with van der Waals surface area (Å²) in [5.41, 5.74) is 3.82. The summed E-state index contributed by atoms with van der Waals surface area (Å²) in [7, 11) is 0. The molecule has 4 nitrogen and oxygen atoms in total. The molecule has 0 bridgehead atoms. The summed E-state index contributed by atoms with van der Waals surface area (Å²) in [4.78, 5) is 10.9. The molecule has 0 unspecified atom stereocenters. The van der Waals surface area contributed by atoms with E-state index < -0.39 is 0 Å². The predicted octanol–water partition coefficient (Wildman–Crippen LogP) is 2.65. The topological polar surface area (TPSA) is 69.6 Å². The van der Waals surface area contributed by atoms with Crippen molar-refractivity contribution in [3.8, 4) is 17.8 Å². The molecule has 2 aromatic rings. The van der Waals surface area contributed by atoms with Crippen LogP contribution >= 0.6 is 0 Å². The van der Waals surface area contributed by atoms with Crippen molar-refractivity contribution in [3.05, 3.63) is 52.3 Å². The molecule has 1 aromatic heterocycles. The number of hydrogen-bond donors (Lipinski definition) is 0. The molecule has 1 heterocycles. The number of benzene rings is 1. The van der Waals surface area contributed by atoms with Crippen molar-refractivity contribution in [1.29, 1.82) is 10.5 Å². The van der Waals surface area contributed by atoms with Crippen LogP contribution in [0.2, 0.25) is 0 Å². The second-order valence-electron chi connectivity index (χ2n) is 4.23. The molecule has 0 amide bonds. The molecule has 2 rings (SSSR count). The van der Waals surface area contributed by atoms with Crippen molar-refractivity contribution >= 4 is 6.29 Å². The predicted molar refractivity (Wildman–Crippen MR) is 70.1 cm³/mol. The summed E-state index contributed by atoms with van der Waals surface area (Å²) >= 11 is 0. The number of rotatable bonds is 2. The molecular formula is C15H11N3O. The maximum Gasteiger partial charge on any atom is 0.151 e. The van der Waals surface area contributed by atoms with Gasteiger partial charge in [0.1, 0.15) is 12.1 Å². The molecule has 0 radical (unpaired) electrons. The number of aldehydes is 1. The van der Waals surface area contributed by atoms with E-state index in [1.165, 1.54) is 0 Å². The van der Waals surface area contributed by atoms with Crippen molar-refractivity contribution in [2.24, 2.45) is 0 Å². The van der Waals surface area contributed by atoms with Gasteiger partial charge in [0.15, 0.2) is 6.29 Å². The fourth-order valence-electron chi connectivity index (χ4n) is 2.17. The van der Waals surface area contributed by atoms with Crippen LogP contribution in [0, 0.1) is 36.5 Å². The van der Waals surface area contributed by atoms with Crippen LogP contribution in [-0.4, -0.2) is 10.9 Å². The van der Waals surface area contributed by atoms with E-state index in [1.54, 1.807) is 24.3 Å². The number of aromatic nitrogens is 1. The zero-order valence-electron chi connectivity index (χ0n) is 10.6. The number of carbonyl (C=O) groups is 1. The highest BCUT2D eigenvalue weighted by Crippen LogP contribution is 2.21. The van der Waals surface area contributed by atoms with Crippen molar-refractivity contribution in [1.82, 2.24) is 4.57 Å². The Bertz CT molecular complexity index is 742. The SMILES string of the molecule is Cc1cc(C=O)c(C)n1-c1ccc(C#N)c(C#N)c1. The third-order valence-electron chi connectivity index (χ3n) is 3.10. The Balaban J connectivity index is 2.68. The van der Waals surface area contributed by atoms with Crippen LogP contribution in [0.5, 0.6) is 0 Å². The van der Waals surface area contributed by atoms with Gasteiger partial charge in [0.05, 0.1) is 11.1 Å². The Morgan fingerprint density at radius 3 is 2.32 bits per heavy atom. The van der Waals surface area contributed by atoms with Gasteiger partial charge in [-0.3, -0.25) is 4.79 Å². The summed E-state index contributed by atoms with van der Waals surface area (Å²) in [6.45, 7) is 3.74. The average Bonchev–Trinajstić information content (AvgIpc) is 2.72. The normalized spacial score (nSPS) is 9.68. The molecule has 0 saturated carbocycles. The lowest BCUT2D eigenvalue weighted by molar-refractivity contribution is 0.112. The van der Waals surface area contributed by atoms with Crippen LogP contribution in [-0.2, 0) is 0 Å². The van der Waals surface area contributed by atoms with Gasteiger partial charge in [-0.1, -0.05) is 0 Å². The fraction of sp³-hybridized carbons (Fsp3) is 0.133. The molecule has 0 aliphatic heterocycles. The minimum absolute atomic E-state index is 0.333. The quantitative estimate of drug-likeness (QED) is 0.768. The summed E-state index contributed by atoms with van der Waals surface area (Å²) in [5.74, 6) is 0. The van der Waals surface area contributed by atoms with Gasteiger partial charge in [-0.05, 0) is 38.1 Å². The Morgan fingerprint density at radius 2 is 1.79 bits per heavy atom. The van der Waals surface area contributed by atoms with E-state index in [2.05, 4.69) is 0 Å². The first-order valence-electron chi connectivity index (χ1n) is 5.71. The van der Waals surface area contributed by atoms with Crippen molar-refractivity contribution < 1.29 is 4.79 Å². The largest absolute Gasteiger partial charge is 0.318 e. The zero-order chi connectivity index (χ0) is 14.0. The first kappa shape index (κ1) is 12.6. The standard InChI is InChI=1S/C15H11N3O/c1-10-5-14(9-19)11(2)18(10)15-4-3-12(7-16)13(6-15)8-17/h3-6,9H,1-2H3. The Labute approximate surface area is 111 Å². The summed E-state index contributed by atoms with van der Waals surface area (Å²) in [5, 5.41) is 18.0. The van der Waals surface area contributed by atoms with Gasteiger partial charge in [-0.2, -0.15) is 10.5 Å². The number of nitriles is 2. The second-order valence-corrected chi connectivity index (χ2v) is 4.23. The molecule has 92 valence electrons. The fourth-order valence-corrected chi connectivity index (χ4v) is 2.17. The third kappa shape index (κ3) is 2.00. The monoisotopic (exact) mass is 249 g/mol. The maximum absolute atomic E-state index is 10.9. The van der Waals surface area contributed by atoms with Crippen LogP contribution in [0.15, 0.2) is 24.3 Å². The Hall–Kier alpha value is -2.85. The van der Waals surface area contributed by atoms with E-state index in [0.717, 1.165) is 23.4 Å². The van der Waals surface area contributed by atoms with Crippen LogP contribution in [0.1, 0.15) is 32.9 Å². The van der Waals surface area contributed by atoms with Gasteiger partial charge < -0.3 is 4.57 Å². The Kier molecular flexibility index (Phi) is 3.18. The van der Waals surface area contributed by atoms with Gasteiger partial charge >= 0.3 is 0 Å². The summed E-state index contributed by atoms with van der Waals surface area (Å²) in [6, 6.07) is 10.8. The van der Waals surface area contributed by atoms with E-state index in [0.29, 0.717) is 16.7 Å². The van der Waals surface area contributed by atoms with E-state index >= 15 is 0 Å². The first-order valence-corrected chi connectivity index (χ1v) is 5.71. The van der Waals surface area contributed by atoms with E-state index in [1.807, 2.05) is 30.6 Å². The lowest BCUT2D eigenvalue weighted by Crippen LogP contribution is -2.00. The number of hydrogen-bond acceptors (Lipinski definition) is 3. The molecule has 0 spiro atoms. The molecule has 0 fully saturated rings. The highest BCUT2D eigenvalue weighted by atomic mass is 16.1. The van der Waals surface area contributed by atoms with Crippen LogP contribution < -0.4 is 0 Å². The maximum atomic E-state index is 10.9. The van der Waals surface area contributed by atoms with Gasteiger partial charge in [-0.15, -0.1) is 0 Å². The van der Waals surface area contributed by atoms with Crippen molar-refractivity contribution in [2.75, 3.05) is 0 Å². The summed E-state index contributed by atoms with van der Waals surface area (Å²) in [6.07, 6.45) is 0.813. The minimum Gasteiger partial charge on any atom is -0.318 e. The molecule has 0 atom stereocenters. The first-order chi connectivity index (χ1) is 9.12. The highest BCUT2D eigenvalue weighted by molar-refractivity contribution is 5.77. The number of nitrogens with zero attached hydrogens (tertiary/aromatic N) is 3. The van der Waals surface area contributed by atoms with Gasteiger partial charge in [-0.25, -0.2) is 0 Å². The zero-order valence-corrected chi connectivity index (χ0v) is 10.6. The minimum atomic E-state index is 0.333. The Morgan fingerprint density at radius 1 is 1.11 bits per heavy atom. The molecule has 0 N–H and O–H groups in total. The molecule has 4 heteroatoms. The highest BCUT2D eigenvalue weighted by Gasteiger charge is 2.11. The van der Waals surface area contributed by atoms with Gasteiger partial charge in [0.25, 0.3) is 0 Å². The van der Waals surface area contributed by atoms with Crippen LogP contribution in [0.4, 0.5) is 0 Å². The number of carbonyl (C=O) groups excluding carboxylic acids is 1. The van der Waals surface area contributed by atoms with E-state index in [-0.39, 0.29) is 0 Å². The lowest BCUT2D eigenvalue weighted by atomic mass is 10.1. The smallest absolute Gasteiger partial charge is 0.151 e. The van der Waals surface area contributed by atoms with Gasteiger partial charge in [0, 0.05) is 22.6 Å². The van der Waals surface area contributed by atoms with Crippen LogP contribution in [0.25, 0.3) is 5.69 Å². The van der Waals surface area contributed by atoms with E-state index in [9.17, 15) is 4.79 Å². The second kappa shape index (κ2) is 4.80. The van der Waals surface area contributed by atoms with Gasteiger partial charge in [0.2, 0.25) is 0 Å². The molecule has 19 heavy (non-hydrogen) atoms. The molecule has 0 saturated heterocycles. The third-order valence-corrected chi connectivity index (χ3v) is 3.10. The molecular weight excluding hydrogens is 238 g/mol.